The quantitative estimate of drug-likeness (QED) is 0.0156. The van der Waals surface area contributed by atoms with Gasteiger partial charge in [0.2, 0.25) is 41.4 Å². The lowest BCUT2D eigenvalue weighted by atomic mass is 9.78. The number of nitrogens with zero attached hydrogens (tertiary/aromatic N) is 3. The molecule has 0 saturated heterocycles. The molecule has 44 heteroatoms. The monoisotopic (exact) mass is 1460 g/mol. The zero-order valence-electron chi connectivity index (χ0n) is 54.2. The fraction of sp³-hybridized carbons (Fsp3) is 0.870. The zero-order valence-corrected chi connectivity index (χ0v) is 54.2. The molecule has 7 amide bonds. The maximum absolute atomic E-state index is 14.4. The number of halogens is 9. The minimum absolute atomic E-state index is 0.0188. The Morgan fingerprint density at radius 2 is 0.459 bits per heavy atom. The average Bonchev–Trinajstić information content (AvgIpc) is 0.809. The summed E-state index contributed by atoms with van der Waals surface area (Å²) in [7, 11) is 0. The molecule has 0 fully saturated rings. The third kappa shape index (κ3) is 58.6. The molecule has 8 N–H and O–H groups in total. The van der Waals surface area contributed by atoms with Crippen molar-refractivity contribution in [2.75, 3.05) is 264 Å². The molecule has 0 unspecified atom stereocenters. The average molecular weight is 1460 g/mol. The molecule has 35 nitrogen and oxygen atoms in total. The first kappa shape index (κ1) is 92.8. The molecule has 0 atom stereocenters. The first-order valence-electron chi connectivity index (χ1n) is 30.5. The van der Waals surface area contributed by atoms with Crippen LogP contribution in [0.1, 0.15) is 19.3 Å². The molecule has 0 saturated carbocycles. The van der Waals surface area contributed by atoms with Crippen LogP contribution in [0.3, 0.4) is 0 Å². The second kappa shape index (κ2) is 59.5. The van der Waals surface area contributed by atoms with Gasteiger partial charge < -0.3 is 97.5 Å². The number of rotatable bonds is 67. The Morgan fingerprint density at radius 1 is 0.265 bits per heavy atom. The van der Waals surface area contributed by atoms with Crippen molar-refractivity contribution in [3.05, 3.63) is 0 Å². The summed E-state index contributed by atoms with van der Waals surface area (Å²) in [6, 6.07) is 0. The standard InChI is InChI=1S/C54H94F9N7O28/c55-52(56,57)40-51(41-53(58,59)60,42-54(61,62)63)43-94-39-50(77)70(37-48(75)68(33-44(71)64-1-5-82-9-13-86-17-21-90-25-29-95-78)34-45(72)65-2-6-83-10-14-87-18-22-91-26-30-96-79)38-49(76)69(35-46(73)66-3-7-84-11-15-88-19-23-92-27-31-97-80)36-47(74)67-4-8-85-12-16-89-20-24-93-28-32-98-81/h78-81H,1-43H2,(H,64,71)(H,65,72)(H,66,73)(H,67,74). The van der Waals surface area contributed by atoms with Crippen molar-refractivity contribution in [3.63, 3.8) is 0 Å². The lowest BCUT2D eigenvalue weighted by molar-refractivity contribution is -0.249. The Hall–Kier alpha value is -5.18. The number of amides is 7. The van der Waals surface area contributed by atoms with E-state index in [2.05, 4.69) is 40.8 Å². The van der Waals surface area contributed by atoms with E-state index in [-0.39, 0.29) is 216 Å². The number of hydrogen-bond donors (Lipinski definition) is 8. The fourth-order valence-corrected chi connectivity index (χ4v) is 7.81. The first-order valence-corrected chi connectivity index (χ1v) is 30.5. The third-order valence-electron chi connectivity index (χ3n) is 11.9. The van der Waals surface area contributed by atoms with Crippen LogP contribution in [-0.2, 0) is 115 Å². The van der Waals surface area contributed by atoms with Gasteiger partial charge in [0.1, 0.15) is 72.3 Å². The molecule has 0 aromatic rings. The minimum atomic E-state index is -5.67. The molecule has 576 valence electrons. The Kier molecular flexibility index (Phi) is 56.4. The van der Waals surface area contributed by atoms with Crippen molar-refractivity contribution in [3.8, 4) is 0 Å². The maximum Gasteiger partial charge on any atom is 0.389 e. The van der Waals surface area contributed by atoms with E-state index in [0.717, 1.165) is 0 Å². The van der Waals surface area contributed by atoms with Gasteiger partial charge in [-0.3, -0.25) is 54.6 Å². The van der Waals surface area contributed by atoms with Crippen LogP contribution in [0, 0.1) is 5.41 Å². The molecule has 0 aromatic heterocycles. The summed E-state index contributed by atoms with van der Waals surface area (Å²) in [4.78, 5) is 113. The van der Waals surface area contributed by atoms with Gasteiger partial charge in [0, 0.05) is 31.6 Å². The number of nitrogens with one attached hydrogen (secondary N) is 4. The first-order chi connectivity index (χ1) is 46.8. The number of ether oxygens (including phenoxy) is 13. The second-order valence-corrected chi connectivity index (χ2v) is 20.2. The molecule has 0 rings (SSSR count). The smallest absolute Gasteiger partial charge is 0.377 e. The van der Waals surface area contributed by atoms with Crippen LogP contribution in [0.4, 0.5) is 39.5 Å². The number of alkyl halides is 9. The normalized spacial score (nSPS) is 12.0. The summed E-state index contributed by atoms with van der Waals surface area (Å²) in [5.74, 6) is -8.31. The Bertz CT molecular complexity index is 1850. The molecule has 0 aromatic carbocycles. The highest BCUT2D eigenvalue weighted by Crippen LogP contribution is 2.48. The minimum Gasteiger partial charge on any atom is -0.377 e. The van der Waals surface area contributed by atoms with E-state index >= 15 is 0 Å². The molecule has 0 aliphatic rings. The van der Waals surface area contributed by atoms with Crippen LogP contribution in [0.5, 0.6) is 0 Å². The van der Waals surface area contributed by atoms with Crippen LogP contribution in [0.25, 0.3) is 0 Å². The lowest BCUT2D eigenvalue weighted by Crippen LogP contribution is -2.54. The molecule has 98 heavy (non-hydrogen) atoms. The van der Waals surface area contributed by atoms with E-state index in [4.69, 9.17) is 82.6 Å². The number of hydrogen-bond acceptors (Lipinski definition) is 28. The summed E-state index contributed by atoms with van der Waals surface area (Å²) >= 11 is 0. The van der Waals surface area contributed by atoms with Gasteiger partial charge in [-0.15, -0.1) is 0 Å². The highest BCUT2D eigenvalue weighted by atomic mass is 19.4. The van der Waals surface area contributed by atoms with Crippen molar-refractivity contribution >= 4 is 41.4 Å². The van der Waals surface area contributed by atoms with E-state index in [1.54, 1.807) is 0 Å². The summed E-state index contributed by atoms with van der Waals surface area (Å²) < 4.78 is 193. The van der Waals surface area contributed by atoms with E-state index < -0.39 is 137 Å². The number of carbonyl (C=O) groups is 7. The maximum atomic E-state index is 14.4. The van der Waals surface area contributed by atoms with Gasteiger partial charge in [-0.25, -0.2) is 19.6 Å². The van der Waals surface area contributed by atoms with Gasteiger partial charge in [-0.2, -0.15) is 39.5 Å². The van der Waals surface area contributed by atoms with Crippen molar-refractivity contribution < 1.29 is 175 Å². The molecule has 0 bridgehead atoms. The third-order valence-corrected chi connectivity index (χ3v) is 11.9. The predicted molar refractivity (Wildman–Crippen MR) is 311 cm³/mol. The molecular formula is C54H94F9N7O28. The lowest BCUT2D eigenvalue weighted by Gasteiger charge is -2.36. The summed E-state index contributed by atoms with van der Waals surface area (Å²) in [6.45, 7) is -10.3. The van der Waals surface area contributed by atoms with Crippen LogP contribution in [-0.4, -0.2) is 359 Å². The van der Waals surface area contributed by atoms with E-state index in [1.807, 2.05) is 0 Å². The van der Waals surface area contributed by atoms with Crippen LogP contribution in [0.15, 0.2) is 0 Å². The zero-order chi connectivity index (χ0) is 73.0. The van der Waals surface area contributed by atoms with E-state index in [1.165, 1.54) is 0 Å². The van der Waals surface area contributed by atoms with Crippen molar-refractivity contribution in [1.82, 2.24) is 36.0 Å². The van der Waals surface area contributed by atoms with Crippen molar-refractivity contribution in [1.29, 1.82) is 0 Å². The van der Waals surface area contributed by atoms with Gasteiger partial charge in [0.25, 0.3) is 0 Å². The van der Waals surface area contributed by atoms with Crippen LogP contribution >= 0.6 is 0 Å². The molecule has 0 radical (unpaired) electrons. The topological polar surface area (TPSA) is 415 Å². The van der Waals surface area contributed by atoms with Gasteiger partial charge in [-0.05, 0) is 0 Å². The highest BCUT2D eigenvalue weighted by Gasteiger charge is 2.54. The van der Waals surface area contributed by atoms with E-state index in [9.17, 15) is 73.1 Å². The predicted octanol–water partition coefficient (Wildman–Crippen LogP) is -1.05. The summed E-state index contributed by atoms with van der Waals surface area (Å²) in [6.07, 6.45) is -25.1. The SMILES string of the molecule is O=C(CN(CC(=O)NCCOCCOCCOCCOO)C(=O)CN(CC(=O)N(CC(=O)NCCOCCOCCOCCOO)CC(=O)NCCOCCOCCOCCOO)C(=O)COCC(CC(F)(F)F)(CC(F)(F)F)CC(F)(F)F)NCCOCCOCCOCCOO. The van der Waals surface area contributed by atoms with Gasteiger partial charge >= 0.3 is 18.5 Å². The van der Waals surface area contributed by atoms with Gasteiger partial charge in [-0.1, -0.05) is 0 Å². The van der Waals surface area contributed by atoms with Crippen molar-refractivity contribution in [2.24, 2.45) is 5.41 Å². The second-order valence-electron chi connectivity index (χ2n) is 20.2. The van der Waals surface area contributed by atoms with E-state index in [0.29, 0.717) is 9.80 Å². The Labute approximate surface area is 558 Å². The summed E-state index contributed by atoms with van der Waals surface area (Å²) in [5, 5.41) is 43.1. The Morgan fingerprint density at radius 3 is 0.663 bits per heavy atom. The number of carbonyl (C=O) groups excluding carboxylic acids is 7. The summed E-state index contributed by atoms with van der Waals surface area (Å²) in [5.41, 5.74) is -3.82. The highest BCUT2D eigenvalue weighted by molar-refractivity contribution is 5.95. The van der Waals surface area contributed by atoms with Gasteiger partial charge in [0.15, 0.2) is 0 Å². The molecular weight excluding hydrogens is 1370 g/mol. The molecule has 0 aliphatic carbocycles. The molecule has 0 aliphatic heterocycles. The largest absolute Gasteiger partial charge is 0.389 e. The molecule has 0 heterocycles. The van der Waals surface area contributed by atoms with Crippen LogP contribution < -0.4 is 21.3 Å². The molecule has 0 spiro atoms. The Balaban J connectivity index is 6.96. The van der Waals surface area contributed by atoms with Crippen molar-refractivity contribution in [2.45, 2.75) is 37.8 Å². The van der Waals surface area contributed by atoms with Crippen LogP contribution in [0.2, 0.25) is 0 Å². The fourth-order valence-electron chi connectivity index (χ4n) is 7.81. The van der Waals surface area contributed by atoms with Gasteiger partial charge in [0.05, 0.1) is 184 Å².